The predicted octanol–water partition coefficient (Wildman–Crippen LogP) is 2.65. The summed E-state index contributed by atoms with van der Waals surface area (Å²) in [5, 5.41) is 24.8. The standard InChI is InChI=1S/C24H27FN2O4/c25-18-3-5-19(6-4-18)31-20-10-17-12-27(14-24(17,30)11-20)13-22(28)16-1-7-21-15(9-16)2-8-23(29)26-21/h1,3-7,9,17,20,22,28,30H,2,8,10-14H2,(H,26,29)/t17-,20+,22?,24-/m1/s1. The number of hydrogen-bond donors (Lipinski definition) is 3. The maximum atomic E-state index is 13.1. The van der Waals surface area contributed by atoms with Crippen molar-refractivity contribution in [3.8, 4) is 5.75 Å². The number of nitrogens with one attached hydrogen (secondary N) is 1. The van der Waals surface area contributed by atoms with Gasteiger partial charge in [0.15, 0.2) is 0 Å². The van der Waals surface area contributed by atoms with Gasteiger partial charge in [0, 0.05) is 44.1 Å². The van der Waals surface area contributed by atoms with E-state index in [9.17, 15) is 19.4 Å². The fraction of sp³-hybridized carbons (Fsp3) is 0.458. The minimum atomic E-state index is -0.829. The maximum absolute atomic E-state index is 13.1. The number of rotatable bonds is 5. The van der Waals surface area contributed by atoms with Crippen molar-refractivity contribution in [3.05, 3.63) is 59.4 Å². The molecule has 1 saturated heterocycles. The Balaban J connectivity index is 1.18. The Bertz CT molecular complexity index is 982. The quantitative estimate of drug-likeness (QED) is 0.685. The van der Waals surface area contributed by atoms with Crippen molar-refractivity contribution in [1.29, 1.82) is 0 Å². The lowest BCUT2D eigenvalue weighted by Crippen LogP contribution is -2.36. The van der Waals surface area contributed by atoms with Gasteiger partial charge in [-0.15, -0.1) is 0 Å². The number of β-amino-alcohol motifs (C(OH)–C–C–N with tert-alkyl or cyclic N) is 2. The first-order valence-electron chi connectivity index (χ1n) is 10.9. The minimum absolute atomic E-state index is 0.0272. The summed E-state index contributed by atoms with van der Waals surface area (Å²) >= 11 is 0. The van der Waals surface area contributed by atoms with Gasteiger partial charge in [-0.2, -0.15) is 0 Å². The first-order valence-corrected chi connectivity index (χ1v) is 10.9. The summed E-state index contributed by atoms with van der Waals surface area (Å²) < 4.78 is 19.0. The highest BCUT2D eigenvalue weighted by Crippen LogP contribution is 2.43. The van der Waals surface area contributed by atoms with Crippen LogP contribution in [-0.4, -0.2) is 52.4 Å². The number of ether oxygens (including phenoxy) is 1. The second kappa shape index (κ2) is 7.89. The van der Waals surface area contributed by atoms with E-state index in [0.29, 0.717) is 44.6 Å². The van der Waals surface area contributed by atoms with E-state index in [4.69, 9.17) is 4.74 Å². The third kappa shape index (κ3) is 4.18. The molecule has 1 aliphatic carbocycles. The zero-order valence-corrected chi connectivity index (χ0v) is 17.3. The molecule has 7 heteroatoms. The van der Waals surface area contributed by atoms with E-state index in [1.54, 1.807) is 12.1 Å². The molecule has 4 atom stereocenters. The molecule has 3 aliphatic rings. The smallest absolute Gasteiger partial charge is 0.224 e. The van der Waals surface area contributed by atoms with Crippen LogP contribution in [0.25, 0.3) is 0 Å². The molecule has 1 unspecified atom stereocenters. The number of amides is 1. The van der Waals surface area contributed by atoms with Crippen LogP contribution in [0.1, 0.15) is 36.5 Å². The second-order valence-corrected chi connectivity index (χ2v) is 9.11. The number of nitrogens with zero attached hydrogens (tertiary/aromatic N) is 1. The van der Waals surface area contributed by atoms with Crippen LogP contribution in [0.3, 0.4) is 0 Å². The van der Waals surface area contributed by atoms with Gasteiger partial charge >= 0.3 is 0 Å². The van der Waals surface area contributed by atoms with E-state index in [1.807, 2.05) is 18.2 Å². The lowest BCUT2D eigenvalue weighted by atomic mass is 9.95. The molecule has 1 amide bonds. The fourth-order valence-corrected chi connectivity index (χ4v) is 5.28. The SMILES string of the molecule is O=C1CCc2cc(C(O)CN3C[C@H]4C[C@H](Oc5ccc(F)cc5)C[C@@]4(O)C3)ccc2N1. The van der Waals surface area contributed by atoms with Crippen molar-refractivity contribution in [2.75, 3.05) is 25.0 Å². The monoisotopic (exact) mass is 426 g/mol. The molecule has 0 radical (unpaired) electrons. The molecule has 2 aromatic carbocycles. The third-order valence-corrected chi connectivity index (χ3v) is 6.82. The largest absolute Gasteiger partial charge is 0.490 e. The van der Waals surface area contributed by atoms with Crippen LogP contribution < -0.4 is 10.1 Å². The number of fused-ring (bicyclic) bond motifs is 2. The lowest BCUT2D eigenvalue weighted by molar-refractivity contribution is -0.116. The number of aliphatic hydroxyl groups excluding tert-OH is 1. The van der Waals surface area contributed by atoms with E-state index in [0.717, 1.165) is 23.2 Å². The van der Waals surface area contributed by atoms with Crippen LogP contribution in [0.2, 0.25) is 0 Å². The Morgan fingerprint density at radius 3 is 2.81 bits per heavy atom. The molecule has 2 heterocycles. The summed E-state index contributed by atoms with van der Waals surface area (Å²) in [6.07, 6.45) is 1.66. The minimum Gasteiger partial charge on any atom is -0.490 e. The van der Waals surface area contributed by atoms with E-state index in [2.05, 4.69) is 10.2 Å². The van der Waals surface area contributed by atoms with Crippen molar-refractivity contribution in [2.45, 2.75) is 43.5 Å². The van der Waals surface area contributed by atoms with Crippen LogP contribution >= 0.6 is 0 Å². The molecule has 0 bridgehead atoms. The molecule has 0 spiro atoms. The summed E-state index contributed by atoms with van der Waals surface area (Å²) in [6, 6.07) is 11.6. The highest BCUT2D eigenvalue weighted by atomic mass is 19.1. The summed E-state index contributed by atoms with van der Waals surface area (Å²) in [5.74, 6) is 0.432. The van der Waals surface area contributed by atoms with Crippen molar-refractivity contribution in [3.63, 3.8) is 0 Å². The van der Waals surface area contributed by atoms with Crippen molar-refractivity contribution < 1.29 is 24.1 Å². The van der Waals surface area contributed by atoms with Crippen LogP contribution in [-0.2, 0) is 11.2 Å². The molecule has 6 nitrogen and oxygen atoms in total. The highest BCUT2D eigenvalue weighted by molar-refractivity contribution is 5.93. The number of aliphatic hydroxyl groups is 2. The number of aryl methyl sites for hydroxylation is 1. The van der Waals surface area contributed by atoms with Crippen LogP contribution in [0, 0.1) is 11.7 Å². The van der Waals surface area contributed by atoms with Gasteiger partial charge in [-0.25, -0.2) is 4.39 Å². The maximum Gasteiger partial charge on any atom is 0.224 e. The lowest BCUT2D eigenvalue weighted by Gasteiger charge is -2.25. The second-order valence-electron chi connectivity index (χ2n) is 9.11. The molecular formula is C24H27FN2O4. The number of carbonyl (C=O) groups excluding carboxylic acids is 1. The average molecular weight is 426 g/mol. The van der Waals surface area contributed by atoms with E-state index < -0.39 is 11.7 Å². The molecule has 3 N–H and O–H groups in total. The van der Waals surface area contributed by atoms with Gasteiger partial charge in [-0.3, -0.25) is 9.69 Å². The van der Waals surface area contributed by atoms with Crippen LogP contribution in [0.4, 0.5) is 10.1 Å². The summed E-state index contributed by atoms with van der Waals surface area (Å²) in [6.45, 7) is 1.66. The number of carbonyl (C=O) groups is 1. The van der Waals surface area contributed by atoms with Gasteiger partial charge in [0.25, 0.3) is 0 Å². The Morgan fingerprint density at radius 1 is 1.23 bits per heavy atom. The molecule has 2 aromatic rings. The average Bonchev–Trinajstić information content (AvgIpc) is 3.19. The zero-order valence-electron chi connectivity index (χ0n) is 17.3. The predicted molar refractivity (Wildman–Crippen MR) is 113 cm³/mol. The summed E-state index contributed by atoms with van der Waals surface area (Å²) in [5.41, 5.74) is 1.87. The van der Waals surface area contributed by atoms with E-state index in [1.165, 1.54) is 12.1 Å². The van der Waals surface area contributed by atoms with Crippen molar-refractivity contribution >= 4 is 11.6 Å². The molecule has 2 fully saturated rings. The summed E-state index contributed by atoms with van der Waals surface area (Å²) in [4.78, 5) is 13.6. The molecule has 31 heavy (non-hydrogen) atoms. The van der Waals surface area contributed by atoms with Gasteiger partial charge in [-0.1, -0.05) is 12.1 Å². The third-order valence-electron chi connectivity index (χ3n) is 6.82. The first-order chi connectivity index (χ1) is 14.9. The van der Waals surface area contributed by atoms with Crippen LogP contribution in [0.5, 0.6) is 5.75 Å². The van der Waals surface area contributed by atoms with Crippen molar-refractivity contribution in [1.82, 2.24) is 4.90 Å². The Kier molecular flexibility index (Phi) is 5.20. The molecule has 5 rings (SSSR count). The Hall–Kier alpha value is -2.48. The molecule has 2 aliphatic heterocycles. The number of hydrogen-bond acceptors (Lipinski definition) is 5. The number of benzene rings is 2. The zero-order chi connectivity index (χ0) is 21.6. The molecule has 164 valence electrons. The Morgan fingerprint density at radius 2 is 2.03 bits per heavy atom. The van der Waals surface area contributed by atoms with Gasteiger partial charge in [0.2, 0.25) is 5.91 Å². The highest BCUT2D eigenvalue weighted by Gasteiger charge is 2.52. The number of anilines is 1. The van der Waals surface area contributed by atoms with Gasteiger partial charge in [0.05, 0.1) is 11.7 Å². The summed E-state index contributed by atoms with van der Waals surface area (Å²) in [7, 11) is 0. The van der Waals surface area contributed by atoms with Gasteiger partial charge in [-0.05, 0) is 54.3 Å². The van der Waals surface area contributed by atoms with E-state index >= 15 is 0 Å². The van der Waals surface area contributed by atoms with Gasteiger partial charge < -0.3 is 20.3 Å². The Labute approximate surface area is 180 Å². The first kappa shape index (κ1) is 20.4. The fourth-order valence-electron chi connectivity index (χ4n) is 5.28. The topological polar surface area (TPSA) is 82.0 Å². The molecule has 0 aromatic heterocycles. The number of likely N-dealkylation sites (tertiary alicyclic amines) is 1. The van der Waals surface area contributed by atoms with Gasteiger partial charge in [0.1, 0.15) is 17.7 Å². The normalized spacial score (nSPS) is 28.7. The van der Waals surface area contributed by atoms with E-state index in [-0.39, 0.29) is 23.7 Å². The molecule has 1 saturated carbocycles. The van der Waals surface area contributed by atoms with Crippen LogP contribution in [0.15, 0.2) is 42.5 Å². The van der Waals surface area contributed by atoms with Crippen molar-refractivity contribution in [2.24, 2.45) is 5.92 Å². The number of halogens is 1. The molecular weight excluding hydrogens is 399 g/mol.